The Morgan fingerprint density at radius 1 is 1.21 bits per heavy atom. The minimum absolute atomic E-state index is 0.370. The first-order valence-corrected chi connectivity index (χ1v) is 5.63. The van der Waals surface area contributed by atoms with Crippen LogP contribution < -0.4 is 0 Å². The molecule has 1 aliphatic rings. The average molecular weight is 199 g/mol. The molecule has 1 heterocycles. The zero-order chi connectivity index (χ0) is 11.0. The lowest BCUT2D eigenvalue weighted by atomic mass is 9.90. The van der Waals surface area contributed by atoms with Crippen molar-refractivity contribution >= 4 is 0 Å². The van der Waals surface area contributed by atoms with Gasteiger partial charge < -0.3 is 10.0 Å². The number of rotatable bonds is 2. The van der Waals surface area contributed by atoms with Crippen molar-refractivity contribution in [2.75, 3.05) is 19.6 Å². The van der Waals surface area contributed by atoms with Crippen LogP contribution in [0.5, 0.6) is 0 Å². The van der Waals surface area contributed by atoms with Crippen LogP contribution in [-0.4, -0.2) is 35.2 Å². The Morgan fingerprint density at radius 3 is 2.14 bits per heavy atom. The van der Waals surface area contributed by atoms with E-state index < -0.39 is 5.60 Å². The lowest BCUT2D eigenvalue weighted by Crippen LogP contribution is -2.35. The normalized spacial score (nSPS) is 25.7. The standard InChI is InChI=1S/C12H25NO/c1-11(2,3)9-13-7-6-10(8-13)12(4,5)14/h10,14H,6-9H2,1-5H3/t10-/m1/s1. The summed E-state index contributed by atoms with van der Waals surface area (Å²) in [7, 11) is 0. The topological polar surface area (TPSA) is 23.5 Å². The molecule has 0 bridgehead atoms. The minimum atomic E-state index is -0.507. The summed E-state index contributed by atoms with van der Waals surface area (Å²) in [6, 6.07) is 0. The summed E-state index contributed by atoms with van der Waals surface area (Å²) in [5.74, 6) is 0.449. The van der Waals surface area contributed by atoms with Gasteiger partial charge in [0.1, 0.15) is 0 Å². The third kappa shape index (κ3) is 3.58. The van der Waals surface area contributed by atoms with Crippen LogP contribution in [0.4, 0.5) is 0 Å². The third-order valence-electron chi connectivity index (χ3n) is 2.97. The van der Waals surface area contributed by atoms with Crippen molar-refractivity contribution in [3.63, 3.8) is 0 Å². The van der Waals surface area contributed by atoms with Crippen molar-refractivity contribution in [1.29, 1.82) is 0 Å². The molecule has 1 aliphatic heterocycles. The van der Waals surface area contributed by atoms with Crippen LogP contribution in [0.3, 0.4) is 0 Å². The zero-order valence-corrected chi connectivity index (χ0v) is 10.3. The molecule has 0 saturated carbocycles. The van der Waals surface area contributed by atoms with Crippen LogP contribution in [0.15, 0.2) is 0 Å². The predicted octanol–water partition coefficient (Wildman–Crippen LogP) is 2.13. The Kier molecular flexibility index (Phi) is 3.27. The van der Waals surface area contributed by atoms with Crippen molar-refractivity contribution in [1.82, 2.24) is 4.90 Å². The molecule has 1 saturated heterocycles. The molecule has 0 aliphatic carbocycles. The molecule has 84 valence electrons. The number of hydrogen-bond acceptors (Lipinski definition) is 2. The van der Waals surface area contributed by atoms with E-state index in [1.165, 1.54) is 0 Å². The second-order valence-corrected chi connectivity index (χ2v) is 6.44. The minimum Gasteiger partial charge on any atom is -0.390 e. The number of hydrogen-bond donors (Lipinski definition) is 1. The monoisotopic (exact) mass is 199 g/mol. The van der Waals surface area contributed by atoms with E-state index in [0.717, 1.165) is 26.1 Å². The highest BCUT2D eigenvalue weighted by atomic mass is 16.3. The Labute approximate surface area is 88.3 Å². The molecular formula is C12H25NO. The maximum Gasteiger partial charge on any atom is 0.0632 e. The molecule has 2 heteroatoms. The first kappa shape index (κ1) is 12.0. The van der Waals surface area contributed by atoms with E-state index in [0.29, 0.717) is 11.3 Å². The van der Waals surface area contributed by atoms with E-state index in [1.54, 1.807) is 0 Å². The maximum atomic E-state index is 9.91. The van der Waals surface area contributed by atoms with Gasteiger partial charge in [-0.2, -0.15) is 0 Å². The Balaban J connectivity index is 2.42. The van der Waals surface area contributed by atoms with E-state index >= 15 is 0 Å². The molecule has 14 heavy (non-hydrogen) atoms. The highest BCUT2D eigenvalue weighted by molar-refractivity contribution is 4.87. The van der Waals surface area contributed by atoms with Gasteiger partial charge in [-0.25, -0.2) is 0 Å². The highest BCUT2D eigenvalue weighted by Crippen LogP contribution is 2.29. The van der Waals surface area contributed by atoms with Gasteiger partial charge in [0.25, 0.3) is 0 Å². The first-order valence-electron chi connectivity index (χ1n) is 5.63. The van der Waals surface area contributed by atoms with Crippen LogP contribution in [0, 0.1) is 11.3 Å². The predicted molar refractivity (Wildman–Crippen MR) is 60.3 cm³/mol. The second-order valence-electron chi connectivity index (χ2n) is 6.44. The lowest BCUT2D eigenvalue weighted by Gasteiger charge is -2.29. The van der Waals surface area contributed by atoms with Crippen LogP contribution in [0.2, 0.25) is 0 Å². The Bertz CT molecular complexity index is 187. The molecule has 0 amide bonds. The molecule has 0 aromatic heterocycles. The average Bonchev–Trinajstić information content (AvgIpc) is 2.29. The summed E-state index contributed by atoms with van der Waals surface area (Å²) in [5, 5.41) is 9.91. The Hall–Kier alpha value is -0.0800. The molecule has 1 rings (SSSR count). The number of aliphatic hydroxyl groups is 1. The number of nitrogens with zero attached hydrogens (tertiary/aromatic N) is 1. The first-order chi connectivity index (χ1) is 6.18. The summed E-state index contributed by atoms with van der Waals surface area (Å²) in [6.45, 7) is 14.0. The third-order valence-corrected chi connectivity index (χ3v) is 2.97. The molecule has 1 fully saturated rings. The van der Waals surface area contributed by atoms with E-state index in [1.807, 2.05) is 13.8 Å². The van der Waals surface area contributed by atoms with E-state index in [4.69, 9.17) is 0 Å². The van der Waals surface area contributed by atoms with Crippen LogP contribution >= 0.6 is 0 Å². The van der Waals surface area contributed by atoms with Crippen molar-refractivity contribution in [2.45, 2.75) is 46.6 Å². The second kappa shape index (κ2) is 3.82. The van der Waals surface area contributed by atoms with Gasteiger partial charge in [-0.1, -0.05) is 20.8 Å². The molecule has 2 nitrogen and oxygen atoms in total. The molecule has 0 aromatic carbocycles. The van der Waals surface area contributed by atoms with Gasteiger partial charge in [-0.05, 0) is 32.2 Å². The molecule has 0 radical (unpaired) electrons. The van der Waals surface area contributed by atoms with Crippen LogP contribution in [0.25, 0.3) is 0 Å². The molecule has 0 unspecified atom stereocenters. The zero-order valence-electron chi connectivity index (χ0n) is 10.3. The van der Waals surface area contributed by atoms with Crippen LogP contribution in [0.1, 0.15) is 41.0 Å². The fraction of sp³-hybridized carbons (Fsp3) is 1.00. The number of likely N-dealkylation sites (tertiary alicyclic amines) is 1. The van der Waals surface area contributed by atoms with Gasteiger partial charge in [-0.3, -0.25) is 0 Å². The SMILES string of the molecule is CC(C)(C)CN1CC[C@@H](C(C)(C)O)C1. The van der Waals surface area contributed by atoms with E-state index in [9.17, 15) is 5.11 Å². The van der Waals surface area contributed by atoms with Crippen LogP contribution in [-0.2, 0) is 0 Å². The Morgan fingerprint density at radius 2 is 1.79 bits per heavy atom. The maximum absolute atomic E-state index is 9.91. The summed E-state index contributed by atoms with van der Waals surface area (Å²) in [4.78, 5) is 2.47. The van der Waals surface area contributed by atoms with Crippen molar-refractivity contribution in [3.8, 4) is 0 Å². The fourth-order valence-electron chi connectivity index (χ4n) is 2.22. The molecule has 0 spiro atoms. The fourth-order valence-corrected chi connectivity index (χ4v) is 2.22. The lowest BCUT2D eigenvalue weighted by molar-refractivity contribution is 0.0198. The summed E-state index contributed by atoms with van der Waals surface area (Å²) in [6.07, 6.45) is 1.14. The quantitative estimate of drug-likeness (QED) is 0.736. The van der Waals surface area contributed by atoms with E-state index in [2.05, 4.69) is 25.7 Å². The molecule has 0 aromatic rings. The highest BCUT2D eigenvalue weighted by Gasteiger charge is 2.34. The van der Waals surface area contributed by atoms with Gasteiger partial charge in [0, 0.05) is 19.0 Å². The van der Waals surface area contributed by atoms with E-state index in [-0.39, 0.29) is 0 Å². The summed E-state index contributed by atoms with van der Waals surface area (Å²) < 4.78 is 0. The van der Waals surface area contributed by atoms with Gasteiger partial charge >= 0.3 is 0 Å². The molecule has 1 atom stereocenters. The largest absolute Gasteiger partial charge is 0.390 e. The van der Waals surface area contributed by atoms with Gasteiger partial charge in [-0.15, -0.1) is 0 Å². The van der Waals surface area contributed by atoms with Crippen molar-refractivity contribution in [3.05, 3.63) is 0 Å². The van der Waals surface area contributed by atoms with Gasteiger partial charge in [0.2, 0.25) is 0 Å². The molecular weight excluding hydrogens is 174 g/mol. The summed E-state index contributed by atoms with van der Waals surface area (Å²) >= 11 is 0. The van der Waals surface area contributed by atoms with Crippen molar-refractivity contribution < 1.29 is 5.11 Å². The smallest absolute Gasteiger partial charge is 0.0632 e. The van der Waals surface area contributed by atoms with Gasteiger partial charge in [0.15, 0.2) is 0 Å². The summed E-state index contributed by atoms with van der Waals surface area (Å²) in [5.41, 5.74) is -0.138. The molecule has 1 N–H and O–H groups in total. The van der Waals surface area contributed by atoms with Crippen molar-refractivity contribution in [2.24, 2.45) is 11.3 Å². The van der Waals surface area contributed by atoms with Gasteiger partial charge in [0.05, 0.1) is 5.60 Å².